The van der Waals surface area contributed by atoms with E-state index in [4.69, 9.17) is 4.74 Å². The van der Waals surface area contributed by atoms with Crippen molar-refractivity contribution in [1.82, 2.24) is 5.32 Å². The summed E-state index contributed by atoms with van der Waals surface area (Å²) in [4.78, 5) is 0. The zero-order valence-electron chi connectivity index (χ0n) is 6.24. The lowest BCUT2D eigenvalue weighted by Crippen LogP contribution is -2.20. The van der Waals surface area contributed by atoms with Crippen LogP contribution in [-0.4, -0.2) is 26.8 Å². The summed E-state index contributed by atoms with van der Waals surface area (Å²) in [6, 6.07) is 0. The fourth-order valence-corrected chi connectivity index (χ4v) is 0.476. The summed E-state index contributed by atoms with van der Waals surface area (Å²) in [6.07, 6.45) is 0. The van der Waals surface area contributed by atoms with E-state index in [0.717, 1.165) is 25.3 Å². The lowest BCUT2D eigenvalue weighted by Gasteiger charge is -2.01. The van der Waals surface area contributed by atoms with Gasteiger partial charge < -0.3 is 10.1 Å². The Balaban J connectivity index is 2.83. The smallest absolute Gasteiger partial charge is 0.0587 e. The van der Waals surface area contributed by atoms with E-state index in [-0.39, 0.29) is 0 Å². The first kappa shape index (κ1) is 8.66. The molecular weight excluding hydrogens is 114 g/mol. The van der Waals surface area contributed by atoms with Crippen LogP contribution < -0.4 is 5.32 Å². The van der Waals surface area contributed by atoms with Gasteiger partial charge in [-0.3, -0.25) is 0 Å². The quantitative estimate of drug-likeness (QED) is 0.438. The van der Waals surface area contributed by atoms with Gasteiger partial charge in [-0.2, -0.15) is 0 Å². The van der Waals surface area contributed by atoms with Gasteiger partial charge in [-0.1, -0.05) is 12.2 Å². The number of nitrogens with one attached hydrogen (secondary N) is 1. The van der Waals surface area contributed by atoms with Crippen LogP contribution in [0.25, 0.3) is 0 Å². The predicted octanol–water partition coefficient (Wildman–Crippen LogP) is 0.798. The van der Waals surface area contributed by atoms with Crippen molar-refractivity contribution in [2.24, 2.45) is 0 Å². The molecule has 1 N–H and O–H groups in total. The highest BCUT2D eigenvalue weighted by Gasteiger charge is 1.84. The van der Waals surface area contributed by atoms with Crippen molar-refractivity contribution < 1.29 is 4.74 Å². The highest BCUT2D eigenvalue weighted by molar-refractivity contribution is 4.90. The fraction of sp³-hybridized carbons (Fsp3) is 0.714. The molecule has 2 nitrogen and oxygen atoms in total. The largest absolute Gasteiger partial charge is 0.383 e. The van der Waals surface area contributed by atoms with Crippen LogP contribution in [0.4, 0.5) is 0 Å². The van der Waals surface area contributed by atoms with E-state index in [0.29, 0.717) is 0 Å². The van der Waals surface area contributed by atoms with Gasteiger partial charge in [0.2, 0.25) is 0 Å². The number of ether oxygens (including phenoxy) is 1. The molecule has 0 aliphatic carbocycles. The Bertz CT molecular complexity index is 81.0. The molecule has 0 heterocycles. The second-order valence-electron chi connectivity index (χ2n) is 2.13. The van der Waals surface area contributed by atoms with Gasteiger partial charge in [-0.25, -0.2) is 0 Å². The number of methoxy groups -OCH3 is 1. The second kappa shape index (κ2) is 5.79. The molecular formula is C7H15NO. The van der Waals surface area contributed by atoms with Crippen molar-refractivity contribution in [3.05, 3.63) is 12.2 Å². The van der Waals surface area contributed by atoms with Crippen molar-refractivity contribution in [2.75, 3.05) is 26.8 Å². The first-order valence-corrected chi connectivity index (χ1v) is 3.11. The summed E-state index contributed by atoms with van der Waals surface area (Å²) in [5, 5.41) is 3.16. The van der Waals surface area contributed by atoms with Crippen LogP contribution in [0, 0.1) is 0 Å². The molecule has 0 spiro atoms. The monoisotopic (exact) mass is 129 g/mol. The fourth-order valence-electron chi connectivity index (χ4n) is 0.476. The maximum absolute atomic E-state index is 4.83. The van der Waals surface area contributed by atoms with E-state index in [1.165, 1.54) is 0 Å². The van der Waals surface area contributed by atoms with Crippen molar-refractivity contribution in [3.8, 4) is 0 Å². The average Bonchev–Trinajstić information content (AvgIpc) is 1.80. The highest BCUT2D eigenvalue weighted by Crippen LogP contribution is 1.79. The second-order valence-corrected chi connectivity index (χ2v) is 2.13. The zero-order valence-corrected chi connectivity index (χ0v) is 6.24. The van der Waals surface area contributed by atoms with Crippen LogP contribution in [0.1, 0.15) is 6.92 Å². The Hall–Kier alpha value is -0.340. The Morgan fingerprint density at radius 1 is 1.67 bits per heavy atom. The summed E-state index contributed by atoms with van der Waals surface area (Å²) in [5.41, 5.74) is 1.16. The van der Waals surface area contributed by atoms with Crippen molar-refractivity contribution in [3.63, 3.8) is 0 Å². The topological polar surface area (TPSA) is 21.3 Å². The predicted molar refractivity (Wildman–Crippen MR) is 39.6 cm³/mol. The highest BCUT2D eigenvalue weighted by atomic mass is 16.5. The molecule has 0 aromatic carbocycles. The Morgan fingerprint density at radius 2 is 2.33 bits per heavy atom. The minimum atomic E-state index is 0.771. The van der Waals surface area contributed by atoms with Gasteiger partial charge >= 0.3 is 0 Å². The summed E-state index contributed by atoms with van der Waals surface area (Å²) in [6.45, 7) is 8.32. The minimum Gasteiger partial charge on any atom is -0.383 e. The molecule has 0 fully saturated rings. The van der Waals surface area contributed by atoms with Crippen LogP contribution in [0.3, 0.4) is 0 Å². The van der Waals surface area contributed by atoms with Crippen LogP contribution in [0.5, 0.6) is 0 Å². The number of rotatable bonds is 5. The third-order valence-corrected chi connectivity index (χ3v) is 0.910. The lowest BCUT2D eigenvalue weighted by atomic mass is 10.3. The summed E-state index contributed by atoms with van der Waals surface area (Å²) < 4.78 is 4.83. The SMILES string of the molecule is C=C(C)CNCCOC. The summed E-state index contributed by atoms with van der Waals surface area (Å²) in [5.74, 6) is 0. The van der Waals surface area contributed by atoms with Crippen molar-refractivity contribution >= 4 is 0 Å². The van der Waals surface area contributed by atoms with Gasteiger partial charge in [0.15, 0.2) is 0 Å². The van der Waals surface area contributed by atoms with Crippen LogP contribution >= 0.6 is 0 Å². The first-order valence-electron chi connectivity index (χ1n) is 3.11. The minimum absolute atomic E-state index is 0.771. The van der Waals surface area contributed by atoms with Gasteiger partial charge in [-0.15, -0.1) is 0 Å². The molecule has 0 aromatic rings. The molecule has 0 atom stereocenters. The molecule has 0 aliphatic rings. The van der Waals surface area contributed by atoms with Crippen molar-refractivity contribution in [1.29, 1.82) is 0 Å². The van der Waals surface area contributed by atoms with E-state index < -0.39 is 0 Å². The molecule has 0 aliphatic heterocycles. The molecule has 0 unspecified atom stereocenters. The van der Waals surface area contributed by atoms with E-state index in [1.54, 1.807) is 7.11 Å². The zero-order chi connectivity index (χ0) is 7.11. The molecule has 9 heavy (non-hydrogen) atoms. The number of hydrogen-bond acceptors (Lipinski definition) is 2. The van der Waals surface area contributed by atoms with Crippen LogP contribution in [0.2, 0.25) is 0 Å². The maximum atomic E-state index is 4.83. The maximum Gasteiger partial charge on any atom is 0.0587 e. The molecule has 0 rings (SSSR count). The molecule has 0 saturated carbocycles. The normalized spacial score (nSPS) is 9.56. The Kier molecular flexibility index (Phi) is 5.57. The summed E-state index contributed by atoms with van der Waals surface area (Å²) >= 11 is 0. The third kappa shape index (κ3) is 7.66. The molecule has 0 radical (unpaired) electrons. The van der Waals surface area contributed by atoms with E-state index >= 15 is 0 Å². The van der Waals surface area contributed by atoms with Crippen molar-refractivity contribution in [2.45, 2.75) is 6.92 Å². The van der Waals surface area contributed by atoms with Crippen LogP contribution in [-0.2, 0) is 4.74 Å². The van der Waals surface area contributed by atoms with Crippen LogP contribution in [0.15, 0.2) is 12.2 Å². The lowest BCUT2D eigenvalue weighted by molar-refractivity contribution is 0.200. The van der Waals surface area contributed by atoms with Gasteiger partial charge in [-0.05, 0) is 6.92 Å². The first-order chi connectivity index (χ1) is 4.27. The van der Waals surface area contributed by atoms with E-state index in [1.807, 2.05) is 6.92 Å². The standard InChI is InChI=1S/C7H15NO/c1-7(2)6-8-4-5-9-3/h8H,1,4-6H2,2-3H3. The van der Waals surface area contributed by atoms with Gasteiger partial charge in [0.05, 0.1) is 6.61 Å². The molecule has 0 amide bonds. The van der Waals surface area contributed by atoms with E-state index in [9.17, 15) is 0 Å². The third-order valence-electron chi connectivity index (χ3n) is 0.910. The number of hydrogen-bond donors (Lipinski definition) is 1. The molecule has 2 heteroatoms. The van der Waals surface area contributed by atoms with Gasteiger partial charge in [0.1, 0.15) is 0 Å². The Labute approximate surface area is 56.9 Å². The Morgan fingerprint density at radius 3 is 2.78 bits per heavy atom. The van der Waals surface area contributed by atoms with Gasteiger partial charge in [0, 0.05) is 20.2 Å². The molecule has 0 bridgehead atoms. The molecule has 0 aromatic heterocycles. The average molecular weight is 129 g/mol. The summed E-state index contributed by atoms with van der Waals surface area (Å²) in [7, 11) is 1.70. The van der Waals surface area contributed by atoms with Gasteiger partial charge in [0.25, 0.3) is 0 Å². The molecule has 54 valence electrons. The molecule has 0 saturated heterocycles. The van der Waals surface area contributed by atoms with E-state index in [2.05, 4.69) is 11.9 Å².